The molecule has 1 aromatic rings. The van der Waals surface area contributed by atoms with Crippen molar-refractivity contribution >= 4 is 15.9 Å². The molecule has 0 radical (unpaired) electrons. The average molecular weight is 268 g/mol. The molecule has 0 spiro atoms. The molecule has 0 unspecified atom stereocenters. The van der Waals surface area contributed by atoms with Gasteiger partial charge in [0.25, 0.3) is 0 Å². The summed E-state index contributed by atoms with van der Waals surface area (Å²) in [4.78, 5) is 2.53. The molecule has 1 fully saturated rings. The summed E-state index contributed by atoms with van der Waals surface area (Å²) in [5.41, 5.74) is 1.67. The SMILES string of the molecule is CC(C)(CN1CCC1)c1cccc(Br)c1. The summed E-state index contributed by atoms with van der Waals surface area (Å²) in [6.45, 7) is 8.37. The van der Waals surface area contributed by atoms with E-state index in [1.54, 1.807) is 0 Å². The van der Waals surface area contributed by atoms with Crippen molar-refractivity contribution in [1.29, 1.82) is 0 Å². The summed E-state index contributed by atoms with van der Waals surface area (Å²) in [5.74, 6) is 0. The minimum atomic E-state index is 0.254. The van der Waals surface area contributed by atoms with Crippen LogP contribution in [0.3, 0.4) is 0 Å². The molecule has 0 aromatic heterocycles. The van der Waals surface area contributed by atoms with Crippen molar-refractivity contribution in [3.05, 3.63) is 34.3 Å². The smallest absolute Gasteiger partial charge is 0.0178 e. The topological polar surface area (TPSA) is 3.24 Å². The Kier molecular flexibility index (Phi) is 3.17. The Hall–Kier alpha value is -0.340. The van der Waals surface area contributed by atoms with Crippen molar-refractivity contribution in [1.82, 2.24) is 4.90 Å². The molecule has 1 aliphatic rings. The molecule has 0 bridgehead atoms. The number of benzene rings is 1. The van der Waals surface area contributed by atoms with Crippen LogP contribution in [0.4, 0.5) is 0 Å². The normalized spacial score (nSPS) is 17.5. The highest BCUT2D eigenvalue weighted by molar-refractivity contribution is 9.10. The standard InChI is InChI=1S/C13H18BrN/c1-13(2,10-15-7-4-8-15)11-5-3-6-12(14)9-11/h3,5-6,9H,4,7-8,10H2,1-2H3. The van der Waals surface area contributed by atoms with Crippen LogP contribution in [0.2, 0.25) is 0 Å². The van der Waals surface area contributed by atoms with Gasteiger partial charge in [0.2, 0.25) is 0 Å². The second kappa shape index (κ2) is 4.26. The summed E-state index contributed by atoms with van der Waals surface area (Å²) < 4.78 is 1.18. The average Bonchev–Trinajstić information content (AvgIpc) is 2.12. The lowest BCUT2D eigenvalue weighted by atomic mass is 9.83. The first-order valence-corrected chi connectivity index (χ1v) is 6.36. The number of rotatable bonds is 3. The van der Waals surface area contributed by atoms with Gasteiger partial charge in [0.15, 0.2) is 0 Å². The van der Waals surface area contributed by atoms with Crippen LogP contribution < -0.4 is 0 Å². The molecule has 0 N–H and O–H groups in total. The second-order valence-corrected chi connectivity index (χ2v) is 5.94. The van der Waals surface area contributed by atoms with E-state index in [4.69, 9.17) is 0 Å². The van der Waals surface area contributed by atoms with Gasteiger partial charge < -0.3 is 4.90 Å². The van der Waals surface area contributed by atoms with Crippen LogP contribution in [0, 0.1) is 0 Å². The minimum absolute atomic E-state index is 0.254. The van der Waals surface area contributed by atoms with E-state index in [1.807, 2.05) is 0 Å². The third-order valence-electron chi connectivity index (χ3n) is 3.17. The highest BCUT2D eigenvalue weighted by atomic mass is 79.9. The Bertz CT molecular complexity index is 342. The minimum Gasteiger partial charge on any atom is -0.302 e. The Morgan fingerprint density at radius 3 is 2.60 bits per heavy atom. The Morgan fingerprint density at radius 1 is 1.33 bits per heavy atom. The molecular weight excluding hydrogens is 250 g/mol. The predicted octanol–water partition coefficient (Wildman–Crippen LogP) is 3.43. The Balaban J connectivity index is 2.12. The van der Waals surface area contributed by atoms with E-state index in [2.05, 4.69) is 58.9 Å². The maximum atomic E-state index is 3.54. The van der Waals surface area contributed by atoms with Crippen LogP contribution in [-0.2, 0) is 5.41 Å². The first kappa shape index (κ1) is 11.2. The maximum Gasteiger partial charge on any atom is 0.0178 e. The number of hydrogen-bond donors (Lipinski definition) is 0. The lowest BCUT2D eigenvalue weighted by Gasteiger charge is -2.38. The van der Waals surface area contributed by atoms with Crippen molar-refractivity contribution in [2.24, 2.45) is 0 Å². The largest absolute Gasteiger partial charge is 0.302 e. The summed E-state index contributed by atoms with van der Waals surface area (Å²) in [7, 11) is 0. The number of likely N-dealkylation sites (tertiary alicyclic amines) is 1. The van der Waals surface area contributed by atoms with Gasteiger partial charge in [0, 0.05) is 16.4 Å². The maximum absolute atomic E-state index is 3.54. The van der Waals surface area contributed by atoms with Crippen molar-refractivity contribution < 1.29 is 0 Å². The molecule has 1 nitrogen and oxygen atoms in total. The highest BCUT2D eigenvalue weighted by Crippen LogP contribution is 2.28. The van der Waals surface area contributed by atoms with E-state index >= 15 is 0 Å². The van der Waals surface area contributed by atoms with Gasteiger partial charge in [-0.05, 0) is 37.2 Å². The van der Waals surface area contributed by atoms with E-state index in [0.29, 0.717) is 0 Å². The molecule has 1 saturated heterocycles. The van der Waals surface area contributed by atoms with Crippen LogP contribution in [0.25, 0.3) is 0 Å². The van der Waals surface area contributed by atoms with Crippen LogP contribution in [0.5, 0.6) is 0 Å². The van der Waals surface area contributed by atoms with Gasteiger partial charge >= 0.3 is 0 Å². The van der Waals surface area contributed by atoms with Crippen molar-refractivity contribution in [2.45, 2.75) is 25.7 Å². The number of hydrogen-bond acceptors (Lipinski definition) is 1. The Morgan fingerprint density at radius 2 is 2.07 bits per heavy atom. The van der Waals surface area contributed by atoms with Gasteiger partial charge in [0.1, 0.15) is 0 Å². The second-order valence-electron chi connectivity index (χ2n) is 5.02. The fraction of sp³-hybridized carbons (Fsp3) is 0.538. The van der Waals surface area contributed by atoms with E-state index in [-0.39, 0.29) is 5.41 Å². The van der Waals surface area contributed by atoms with E-state index < -0.39 is 0 Å². The quantitative estimate of drug-likeness (QED) is 0.811. The van der Waals surface area contributed by atoms with Gasteiger partial charge in [-0.1, -0.05) is 41.9 Å². The molecular formula is C13H18BrN. The van der Waals surface area contributed by atoms with Crippen LogP contribution in [-0.4, -0.2) is 24.5 Å². The lowest BCUT2D eigenvalue weighted by molar-refractivity contribution is 0.147. The van der Waals surface area contributed by atoms with Crippen LogP contribution >= 0.6 is 15.9 Å². The highest BCUT2D eigenvalue weighted by Gasteiger charge is 2.26. The first-order chi connectivity index (χ1) is 7.08. The zero-order valence-corrected chi connectivity index (χ0v) is 11.0. The molecule has 1 heterocycles. The van der Waals surface area contributed by atoms with Gasteiger partial charge in [-0.15, -0.1) is 0 Å². The van der Waals surface area contributed by atoms with Crippen LogP contribution in [0.15, 0.2) is 28.7 Å². The molecule has 0 saturated carbocycles. The molecule has 2 heteroatoms. The molecule has 1 aliphatic heterocycles. The zero-order chi connectivity index (χ0) is 10.9. The van der Waals surface area contributed by atoms with E-state index in [0.717, 1.165) is 0 Å². The van der Waals surface area contributed by atoms with Crippen molar-refractivity contribution in [3.8, 4) is 0 Å². The molecule has 0 atom stereocenters. The molecule has 2 rings (SSSR count). The number of nitrogens with zero attached hydrogens (tertiary/aromatic N) is 1. The third-order valence-corrected chi connectivity index (χ3v) is 3.67. The predicted molar refractivity (Wildman–Crippen MR) is 68.2 cm³/mol. The van der Waals surface area contributed by atoms with Gasteiger partial charge in [0.05, 0.1) is 0 Å². The summed E-state index contributed by atoms with van der Waals surface area (Å²) in [6, 6.07) is 8.67. The Labute approximate surface area is 101 Å². The summed E-state index contributed by atoms with van der Waals surface area (Å²) in [5, 5.41) is 0. The monoisotopic (exact) mass is 267 g/mol. The van der Waals surface area contributed by atoms with Gasteiger partial charge in [-0.25, -0.2) is 0 Å². The van der Waals surface area contributed by atoms with Crippen molar-refractivity contribution in [2.75, 3.05) is 19.6 Å². The molecule has 15 heavy (non-hydrogen) atoms. The molecule has 82 valence electrons. The first-order valence-electron chi connectivity index (χ1n) is 5.56. The fourth-order valence-corrected chi connectivity index (χ4v) is 2.50. The van der Waals surface area contributed by atoms with Gasteiger partial charge in [-0.3, -0.25) is 0 Å². The third kappa shape index (κ3) is 2.61. The zero-order valence-electron chi connectivity index (χ0n) is 9.46. The fourth-order valence-electron chi connectivity index (χ4n) is 2.10. The summed E-state index contributed by atoms with van der Waals surface area (Å²) >= 11 is 3.54. The van der Waals surface area contributed by atoms with E-state index in [1.165, 1.54) is 36.1 Å². The van der Waals surface area contributed by atoms with Gasteiger partial charge in [-0.2, -0.15) is 0 Å². The van der Waals surface area contributed by atoms with Crippen LogP contribution in [0.1, 0.15) is 25.8 Å². The number of halogens is 1. The van der Waals surface area contributed by atoms with Crippen molar-refractivity contribution in [3.63, 3.8) is 0 Å². The lowest BCUT2D eigenvalue weighted by Crippen LogP contribution is -2.44. The summed E-state index contributed by atoms with van der Waals surface area (Å²) in [6.07, 6.45) is 1.37. The molecule has 0 amide bonds. The van der Waals surface area contributed by atoms with E-state index in [9.17, 15) is 0 Å². The molecule has 0 aliphatic carbocycles. The molecule has 1 aromatic carbocycles.